The standard InChI is InChI=1S/C13H18N2O2/c1-9-5-7-15(8-10(9)2)11-4-3-6-14-12(11)13(16)17/h3-4,6,9-10H,5,7-8H2,1-2H3,(H,16,17). The molecular weight excluding hydrogens is 216 g/mol. The Labute approximate surface area is 101 Å². The minimum Gasteiger partial charge on any atom is -0.476 e. The molecular formula is C13H18N2O2. The largest absolute Gasteiger partial charge is 0.476 e. The van der Waals surface area contributed by atoms with E-state index in [0.29, 0.717) is 11.8 Å². The monoisotopic (exact) mass is 234 g/mol. The van der Waals surface area contributed by atoms with Crippen molar-refractivity contribution in [3.63, 3.8) is 0 Å². The van der Waals surface area contributed by atoms with Crippen LogP contribution in [0.4, 0.5) is 5.69 Å². The number of rotatable bonds is 2. The maximum atomic E-state index is 11.1. The van der Waals surface area contributed by atoms with E-state index in [2.05, 4.69) is 23.7 Å². The summed E-state index contributed by atoms with van der Waals surface area (Å²) in [7, 11) is 0. The van der Waals surface area contributed by atoms with Crippen LogP contribution < -0.4 is 4.90 Å². The number of piperidine rings is 1. The first-order valence-electron chi connectivity index (χ1n) is 6.03. The molecule has 1 N–H and O–H groups in total. The third-order valence-corrected chi connectivity index (χ3v) is 3.66. The number of carboxylic acids is 1. The highest BCUT2D eigenvalue weighted by Crippen LogP contribution is 2.28. The van der Waals surface area contributed by atoms with Crippen molar-refractivity contribution >= 4 is 11.7 Å². The number of aromatic carboxylic acids is 1. The highest BCUT2D eigenvalue weighted by atomic mass is 16.4. The second-order valence-electron chi connectivity index (χ2n) is 4.87. The Morgan fingerprint density at radius 2 is 2.24 bits per heavy atom. The molecule has 4 nitrogen and oxygen atoms in total. The van der Waals surface area contributed by atoms with Crippen LogP contribution in [0.5, 0.6) is 0 Å². The van der Waals surface area contributed by atoms with Crippen molar-refractivity contribution < 1.29 is 9.90 Å². The molecule has 1 aliphatic rings. The predicted octanol–water partition coefficient (Wildman–Crippen LogP) is 2.26. The van der Waals surface area contributed by atoms with Crippen molar-refractivity contribution in [3.05, 3.63) is 24.0 Å². The Kier molecular flexibility index (Phi) is 3.31. The summed E-state index contributed by atoms with van der Waals surface area (Å²) in [6.45, 7) is 6.29. The van der Waals surface area contributed by atoms with Crippen LogP contribution in [0.3, 0.4) is 0 Å². The molecule has 0 spiro atoms. The molecule has 2 unspecified atom stereocenters. The van der Waals surface area contributed by atoms with Gasteiger partial charge in [-0.15, -0.1) is 0 Å². The van der Waals surface area contributed by atoms with Gasteiger partial charge in [-0.05, 0) is 30.4 Å². The fourth-order valence-electron chi connectivity index (χ4n) is 2.30. The van der Waals surface area contributed by atoms with E-state index in [1.165, 1.54) is 6.20 Å². The van der Waals surface area contributed by atoms with E-state index in [1.54, 1.807) is 6.07 Å². The number of aromatic nitrogens is 1. The van der Waals surface area contributed by atoms with Crippen LogP contribution >= 0.6 is 0 Å². The van der Waals surface area contributed by atoms with Crippen LogP contribution in [-0.4, -0.2) is 29.1 Å². The van der Waals surface area contributed by atoms with Crippen molar-refractivity contribution in [2.24, 2.45) is 11.8 Å². The van der Waals surface area contributed by atoms with Crippen molar-refractivity contribution in [2.45, 2.75) is 20.3 Å². The van der Waals surface area contributed by atoms with Crippen LogP contribution in [0.1, 0.15) is 30.8 Å². The molecule has 2 rings (SSSR count). The summed E-state index contributed by atoms with van der Waals surface area (Å²) in [5, 5.41) is 9.13. The molecule has 0 aliphatic carbocycles. The molecule has 0 bridgehead atoms. The first-order chi connectivity index (χ1) is 8.09. The average molecular weight is 234 g/mol. The van der Waals surface area contributed by atoms with Crippen LogP contribution in [0.25, 0.3) is 0 Å². The van der Waals surface area contributed by atoms with Crippen LogP contribution in [0, 0.1) is 11.8 Å². The molecule has 0 aromatic carbocycles. The van der Waals surface area contributed by atoms with Crippen LogP contribution in [0.15, 0.2) is 18.3 Å². The molecule has 1 aromatic heterocycles. The fraction of sp³-hybridized carbons (Fsp3) is 0.538. The van der Waals surface area contributed by atoms with Gasteiger partial charge in [0.15, 0.2) is 5.69 Å². The average Bonchev–Trinajstić information content (AvgIpc) is 2.32. The van der Waals surface area contributed by atoms with E-state index in [4.69, 9.17) is 5.11 Å². The smallest absolute Gasteiger partial charge is 0.356 e. The summed E-state index contributed by atoms with van der Waals surface area (Å²) >= 11 is 0. The maximum absolute atomic E-state index is 11.1. The van der Waals surface area contributed by atoms with Crippen molar-refractivity contribution in [3.8, 4) is 0 Å². The van der Waals surface area contributed by atoms with Gasteiger partial charge in [0.05, 0.1) is 5.69 Å². The molecule has 1 aromatic rings. The lowest BCUT2D eigenvalue weighted by atomic mass is 9.88. The van der Waals surface area contributed by atoms with Gasteiger partial charge < -0.3 is 10.0 Å². The zero-order valence-corrected chi connectivity index (χ0v) is 10.3. The second kappa shape index (κ2) is 4.73. The van der Waals surface area contributed by atoms with Crippen molar-refractivity contribution in [2.75, 3.05) is 18.0 Å². The lowest BCUT2D eigenvalue weighted by Crippen LogP contribution is -2.39. The molecule has 2 heterocycles. The van der Waals surface area contributed by atoms with E-state index in [9.17, 15) is 4.79 Å². The first-order valence-corrected chi connectivity index (χ1v) is 6.03. The van der Waals surface area contributed by atoms with Gasteiger partial charge in [0.25, 0.3) is 0 Å². The summed E-state index contributed by atoms with van der Waals surface area (Å²) in [6, 6.07) is 3.64. The highest BCUT2D eigenvalue weighted by Gasteiger charge is 2.25. The number of hydrogen-bond acceptors (Lipinski definition) is 3. The molecule has 1 fully saturated rings. The van der Waals surface area contributed by atoms with Gasteiger partial charge in [0, 0.05) is 19.3 Å². The topological polar surface area (TPSA) is 53.4 Å². The fourth-order valence-corrected chi connectivity index (χ4v) is 2.30. The Morgan fingerprint density at radius 1 is 1.47 bits per heavy atom. The summed E-state index contributed by atoms with van der Waals surface area (Å²) in [4.78, 5) is 17.2. The lowest BCUT2D eigenvalue weighted by molar-refractivity contribution is 0.0691. The summed E-state index contributed by atoms with van der Waals surface area (Å²) in [5.41, 5.74) is 0.910. The van der Waals surface area contributed by atoms with Gasteiger partial charge in [-0.25, -0.2) is 9.78 Å². The van der Waals surface area contributed by atoms with Crippen LogP contribution in [-0.2, 0) is 0 Å². The van der Waals surface area contributed by atoms with Crippen molar-refractivity contribution in [1.82, 2.24) is 4.98 Å². The van der Waals surface area contributed by atoms with Gasteiger partial charge in [-0.3, -0.25) is 0 Å². The number of carbonyl (C=O) groups is 1. The lowest BCUT2D eigenvalue weighted by Gasteiger charge is -2.37. The van der Waals surface area contributed by atoms with E-state index >= 15 is 0 Å². The Balaban J connectivity index is 2.25. The van der Waals surface area contributed by atoms with Gasteiger partial charge >= 0.3 is 5.97 Å². The molecule has 0 radical (unpaired) electrons. The zero-order valence-electron chi connectivity index (χ0n) is 10.3. The Morgan fingerprint density at radius 3 is 2.88 bits per heavy atom. The van der Waals surface area contributed by atoms with Crippen molar-refractivity contribution in [1.29, 1.82) is 0 Å². The van der Waals surface area contributed by atoms with Gasteiger partial charge in [0.2, 0.25) is 0 Å². The zero-order chi connectivity index (χ0) is 12.4. The Hall–Kier alpha value is -1.58. The molecule has 1 aliphatic heterocycles. The van der Waals surface area contributed by atoms with Gasteiger partial charge in [-0.1, -0.05) is 13.8 Å². The number of hydrogen-bond donors (Lipinski definition) is 1. The molecule has 0 amide bonds. The van der Waals surface area contributed by atoms with E-state index < -0.39 is 5.97 Å². The third-order valence-electron chi connectivity index (χ3n) is 3.66. The molecule has 1 saturated heterocycles. The van der Waals surface area contributed by atoms with Crippen LogP contribution in [0.2, 0.25) is 0 Å². The Bertz CT molecular complexity index is 420. The molecule has 17 heavy (non-hydrogen) atoms. The normalized spacial score (nSPS) is 24.7. The third kappa shape index (κ3) is 2.40. The minimum absolute atomic E-state index is 0.161. The SMILES string of the molecule is CC1CCN(c2cccnc2C(=O)O)CC1C. The second-order valence-corrected chi connectivity index (χ2v) is 4.87. The predicted molar refractivity (Wildman–Crippen MR) is 66.4 cm³/mol. The minimum atomic E-state index is -0.952. The summed E-state index contributed by atoms with van der Waals surface area (Å²) in [6.07, 6.45) is 2.64. The number of pyridine rings is 1. The number of nitrogens with zero attached hydrogens (tertiary/aromatic N) is 2. The van der Waals surface area contributed by atoms with E-state index in [-0.39, 0.29) is 5.69 Å². The molecule has 92 valence electrons. The quantitative estimate of drug-likeness (QED) is 0.852. The molecule has 2 atom stereocenters. The summed E-state index contributed by atoms with van der Waals surface area (Å²) < 4.78 is 0. The van der Waals surface area contributed by atoms with E-state index in [0.717, 1.165) is 25.2 Å². The molecule has 4 heteroatoms. The molecule has 0 saturated carbocycles. The van der Waals surface area contributed by atoms with Gasteiger partial charge in [0.1, 0.15) is 0 Å². The highest BCUT2D eigenvalue weighted by molar-refractivity contribution is 5.92. The van der Waals surface area contributed by atoms with E-state index in [1.807, 2.05) is 6.07 Å². The summed E-state index contributed by atoms with van der Waals surface area (Å²) in [5.74, 6) is 0.341. The van der Waals surface area contributed by atoms with Gasteiger partial charge in [-0.2, -0.15) is 0 Å². The number of anilines is 1. The first kappa shape index (κ1) is 11.9. The number of carboxylic acid groups (broad SMARTS) is 1. The maximum Gasteiger partial charge on any atom is 0.356 e.